The van der Waals surface area contributed by atoms with E-state index in [4.69, 9.17) is 61.6 Å². The Morgan fingerprint density at radius 3 is 1.43 bits per heavy atom. The van der Waals surface area contributed by atoms with Crippen molar-refractivity contribution in [3.63, 3.8) is 0 Å². The standard InChI is InChI=1S/C41H64O24/c1-9-10-53-11-12-54-13-14-55-15-16-56-17-18-57-19-20-58-21-22-59-37-35(62-30(8)48)34(61-29(7)47)33(31(63-37)23-60-28(6)46)64-38-40(51,26(4)44)41(52,27(5)45)39(50,25(3)43)36(65-38)32(49)24(2)42/h9,31-38,49-52H,1,10-23H2,2-8H3/t31-,32?,33-,34+,35-,36-,37+,38-,39+,40+,41+/m1/s1. The highest BCUT2D eigenvalue weighted by atomic mass is 16.8. The molecule has 1 unspecified atom stereocenters. The van der Waals surface area contributed by atoms with Crippen LogP contribution in [0, 0.1) is 0 Å². The average Bonchev–Trinajstić information content (AvgIpc) is 3.23. The number of aliphatic hydroxyl groups excluding tert-OH is 1. The van der Waals surface area contributed by atoms with E-state index in [9.17, 15) is 54.0 Å². The molecule has 0 saturated carbocycles. The van der Waals surface area contributed by atoms with Crippen molar-refractivity contribution in [2.24, 2.45) is 0 Å². The molecule has 0 bridgehead atoms. The third-order valence-electron chi connectivity index (χ3n) is 9.94. The van der Waals surface area contributed by atoms with Crippen molar-refractivity contribution < 1.29 is 116 Å². The zero-order chi connectivity index (χ0) is 49.0. The summed E-state index contributed by atoms with van der Waals surface area (Å²) >= 11 is 0. The Labute approximate surface area is 375 Å². The first-order valence-electron chi connectivity index (χ1n) is 20.6. The summed E-state index contributed by atoms with van der Waals surface area (Å²) in [5.41, 5.74) is -11.4. The minimum Gasteiger partial charge on any atom is -0.463 e. The first-order valence-corrected chi connectivity index (χ1v) is 20.6. The van der Waals surface area contributed by atoms with Crippen molar-refractivity contribution in [2.75, 3.05) is 92.5 Å². The highest BCUT2D eigenvalue weighted by Gasteiger charge is 2.80. The van der Waals surface area contributed by atoms with Crippen molar-refractivity contribution in [1.82, 2.24) is 0 Å². The number of hydrogen-bond acceptors (Lipinski definition) is 24. The topological polar surface area (TPSA) is 320 Å². The van der Waals surface area contributed by atoms with Gasteiger partial charge < -0.3 is 82.0 Å². The molecule has 372 valence electrons. The van der Waals surface area contributed by atoms with Crippen molar-refractivity contribution >= 4 is 41.0 Å². The fourth-order valence-corrected chi connectivity index (χ4v) is 6.84. The van der Waals surface area contributed by atoms with E-state index >= 15 is 0 Å². The summed E-state index contributed by atoms with van der Waals surface area (Å²) in [5.74, 6) is -8.76. The zero-order valence-corrected chi connectivity index (χ0v) is 37.8. The van der Waals surface area contributed by atoms with Gasteiger partial charge in [0.1, 0.15) is 31.0 Å². The van der Waals surface area contributed by atoms with Crippen LogP contribution < -0.4 is 0 Å². The van der Waals surface area contributed by atoms with Crippen molar-refractivity contribution in [3.05, 3.63) is 12.7 Å². The van der Waals surface area contributed by atoms with Crippen LogP contribution in [0.15, 0.2) is 12.7 Å². The van der Waals surface area contributed by atoms with Crippen LogP contribution in [-0.4, -0.2) is 220 Å². The van der Waals surface area contributed by atoms with Crippen LogP contribution in [0.1, 0.15) is 48.5 Å². The third kappa shape index (κ3) is 15.4. The molecule has 0 aromatic heterocycles. The van der Waals surface area contributed by atoms with Gasteiger partial charge in [0.15, 0.2) is 53.5 Å². The minimum atomic E-state index is -3.91. The van der Waals surface area contributed by atoms with E-state index < -0.39 is 114 Å². The number of ketones is 4. The Hall–Kier alpha value is -3.73. The number of Topliss-reactive ketones (excluding diaryl/α,β-unsaturated/α-hetero) is 4. The highest BCUT2D eigenvalue weighted by Crippen LogP contribution is 2.49. The van der Waals surface area contributed by atoms with Crippen LogP contribution in [-0.2, 0) is 95.1 Å². The van der Waals surface area contributed by atoms with Gasteiger partial charge in [0.25, 0.3) is 0 Å². The zero-order valence-electron chi connectivity index (χ0n) is 37.8. The number of ether oxygens (including phenoxy) is 13. The van der Waals surface area contributed by atoms with Crippen LogP contribution in [0.2, 0.25) is 0 Å². The molecule has 65 heavy (non-hydrogen) atoms. The van der Waals surface area contributed by atoms with E-state index in [0.717, 1.165) is 27.7 Å². The van der Waals surface area contributed by atoms with Gasteiger partial charge in [-0.3, -0.25) is 33.6 Å². The molecule has 24 heteroatoms. The summed E-state index contributed by atoms with van der Waals surface area (Å²) < 4.78 is 72.0. The molecule has 2 aliphatic heterocycles. The van der Waals surface area contributed by atoms with Crippen LogP contribution in [0.5, 0.6) is 0 Å². The molecule has 0 radical (unpaired) electrons. The maximum atomic E-state index is 13.4. The molecule has 24 nitrogen and oxygen atoms in total. The molecule has 0 amide bonds. The van der Waals surface area contributed by atoms with E-state index in [2.05, 4.69) is 6.58 Å². The van der Waals surface area contributed by atoms with Gasteiger partial charge in [0, 0.05) is 20.8 Å². The van der Waals surface area contributed by atoms with E-state index in [1.165, 1.54) is 0 Å². The molecule has 0 aromatic rings. The SMILES string of the molecule is C=CCOCCOCCOCCOCCOCCOCCO[C@H]1O[C@H](COC(C)=O)[C@@H](O[C@@H]2O[C@H](C(O)C(C)=O)[C@@](O)(C(C)=O)[C@@](O)(C(C)=O)[C@]2(O)C(C)=O)[C@H](OC(C)=O)[C@H]1OC(C)=O. The summed E-state index contributed by atoms with van der Waals surface area (Å²) in [6, 6.07) is 0. The van der Waals surface area contributed by atoms with Gasteiger partial charge in [0.05, 0.1) is 85.9 Å². The second-order valence-corrected chi connectivity index (χ2v) is 14.7. The monoisotopic (exact) mass is 940 g/mol. The second-order valence-electron chi connectivity index (χ2n) is 14.7. The number of carbonyl (C=O) groups excluding carboxylic acids is 7. The van der Waals surface area contributed by atoms with Crippen molar-refractivity contribution in [3.8, 4) is 0 Å². The number of rotatable bonds is 32. The molecular weight excluding hydrogens is 876 g/mol. The fourth-order valence-electron chi connectivity index (χ4n) is 6.84. The molecule has 0 spiro atoms. The third-order valence-corrected chi connectivity index (χ3v) is 9.94. The molecule has 2 aliphatic rings. The van der Waals surface area contributed by atoms with E-state index in [1.807, 2.05) is 0 Å². The summed E-state index contributed by atoms with van der Waals surface area (Å²) in [4.78, 5) is 89.3. The Balaban J connectivity index is 2.22. The Morgan fingerprint density at radius 2 is 1.03 bits per heavy atom. The number of esters is 3. The molecule has 0 aliphatic carbocycles. The number of carbonyl (C=O) groups is 7. The van der Waals surface area contributed by atoms with Gasteiger partial charge in [-0.1, -0.05) is 6.08 Å². The van der Waals surface area contributed by atoms with E-state index in [1.54, 1.807) is 6.08 Å². The molecule has 4 N–H and O–H groups in total. The largest absolute Gasteiger partial charge is 0.463 e. The lowest BCUT2D eigenvalue weighted by atomic mass is 9.60. The second kappa shape index (κ2) is 27.8. The lowest BCUT2D eigenvalue weighted by Crippen LogP contribution is -2.87. The summed E-state index contributed by atoms with van der Waals surface area (Å²) in [7, 11) is 0. The van der Waals surface area contributed by atoms with Crippen molar-refractivity contribution in [2.45, 2.75) is 114 Å². The molecule has 2 saturated heterocycles. The van der Waals surface area contributed by atoms with E-state index in [-0.39, 0.29) is 33.0 Å². The van der Waals surface area contributed by atoms with Crippen LogP contribution >= 0.6 is 0 Å². The van der Waals surface area contributed by atoms with Gasteiger partial charge >= 0.3 is 17.9 Å². The molecule has 2 rings (SSSR count). The number of aliphatic hydroxyl groups is 4. The predicted molar refractivity (Wildman–Crippen MR) is 215 cm³/mol. The highest BCUT2D eigenvalue weighted by molar-refractivity contribution is 6.05. The molecule has 11 atom stereocenters. The van der Waals surface area contributed by atoms with Crippen LogP contribution in [0.3, 0.4) is 0 Å². The smallest absolute Gasteiger partial charge is 0.303 e. The van der Waals surface area contributed by atoms with Gasteiger partial charge in [-0.2, -0.15) is 0 Å². The summed E-state index contributed by atoms with van der Waals surface area (Å²) in [6.07, 6.45) is -15.2. The lowest BCUT2D eigenvalue weighted by molar-refractivity contribution is -0.398. The molecular formula is C41H64O24. The minimum absolute atomic E-state index is 0.0910. The van der Waals surface area contributed by atoms with Crippen LogP contribution in [0.25, 0.3) is 0 Å². The van der Waals surface area contributed by atoms with Crippen molar-refractivity contribution in [1.29, 1.82) is 0 Å². The molecule has 0 aromatic carbocycles. The van der Waals surface area contributed by atoms with Crippen LogP contribution in [0.4, 0.5) is 0 Å². The quantitative estimate of drug-likeness (QED) is 0.0234. The van der Waals surface area contributed by atoms with Gasteiger partial charge in [-0.25, -0.2) is 0 Å². The maximum Gasteiger partial charge on any atom is 0.303 e. The lowest BCUT2D eigenvalue weighted by Gasteiger charge is -2.58. The normalized spacial score (nSPS) is 29.3. The van der Waals surface area contributed by atoms with E-state index in [0.29, 0.717) is 73.6 Å². The van der Waals surface area contributed by atoms with Gasteiger partial charge in [-0.15, -0.1) is 6.58 Å². The van der Waals surface area contributed by atoms with Gasteiger partial charge in [-0.05, 0) is 27.7 Å². The Kier molecular flexibility index (Phi) is 24.5. The molecule has 2 fully saturated rings. The first kappa shape index (κ1) is 57.4. The average molecular weight is 941 g/mol. The van der Waals surface area contributed by atoms with Gasteiger partial charge in [0.2, 0.25) is 11.2 Å². The first-order chi connectivity index (χ1) is 30.6. The Morgan fingerprint density at radius 1 is 0.585 bits per heavy atom. The maximum absolute atomic E-state index is 13.4. The predicted octanol–water partition coefficient (Wildman–Crippen LogP) is -2.54. The Bertz CT molecular complexity index is 1590. The number of hydrogen-bond donors (Lipinski definition) is 4. The fraction of sp³-hybridized carbons (Fsp3) is 0.780. The summed E-state index contributed by atoms with van der Waals surface area (Å²) in [5, 5.41) is 46.7. The molecule has 2 heterocycles. The summed E-state index contributed by atoms with van der Waals surface area (Å²) in [6.45, 7) is 11.8.